The molecule has 1 fully saturated rings. The van der Waals surface area contributed by atoms with Gasteiger partial charge in [0.2, 0.25) is 0 Å². The van der Waals surface area contributed by atoms with Crippen LogP contribution in [0.25, 0.3) is 0 Å². The fourth-order valence-electron chi connectivity index (χ4n) is 3.00. The van der Waals surface area contributed by atoms with E-state index in [4.69, 9.17) is 0 Å². The number of nitrogens with zero attached hydrogens (tertiary/aromatic N) is 1. The molecule has 0 bridgehead atoms. The van der Waals surface area contributed by atoms with Gasteiger partial charge in [-0.05, 0) is 37.3 Å². The van der Waals surface area contributed by atoms with E-state index in [-0.39, 0.29) is 11.7 Å². The number of para-hydroxylation sites is 1. The van der Waals surface area contributed by atoms with E-state index in [0.717, 1.165) is 13.0 Å². The van der Waals surface area contributed by atoms with Crippen molar-refractivity contribution in [1.29, 1.82) is 0 Å². The number of halogens is 1. The van der Waals surface area contributed by atoms with Crippen LogP contribution in [0.5, 0.6) is 0 Å². The van der Waals surface area contributed by atoms with Crippen molar-refractivity contribution in [3.63, 3.8) is 0 Å². The third-order valence-electron chi connectivity index (χ3n) is 4.15. The highest BCUT2D eigenvalue weighted by Crippen LogP contribution is 2.27. The van der Waals surface area contributed by atoms with Gasteiger partial charge in [-0.15, -0.1) is 0 Å². The molecule has 1 N–H and O–H groups in total. The fraction of sp³-hybridized carbons (Fsp3) is 0.588. The van der Waals surface area contributed by atoms with E-state index in [0.29, 0.717) is 23.7 Å². The van der Waals surface area contributed by atoms with Crippen molar-refractivity contribution in [1.82, 2.24) is 4.90 Å². The standard InChI is InChI=1S/C17H25FN2O/c1-3-11-19-16-14(9-6-10-15(16)18)17(21)20(2)12-13-7-4-5-8-13/h6,9-10,13,19H,3-5,7-8,11-12H2,1-2H3. The Morgan fingerprint density at radius 3 is 2.76 bits per heavy atom. The number of carbonyl (C=O) groups excluding carboxylic acids is 1. The lowest BCUT2D eigenvalue weighted by Gasteiger charge is -2.22. The summed E-state index contributed by atoms with van der Waals surface area (Å²) in [6.45, 7) is 3.44. The van der Waals surface area contributed by atoms with Crippen molar-refractivity contribution in [3.05, 3.63) is 29.6 Å². The second kappa shape index (κ2) is 7.43. The molecule has 1 aromatic rings. The molecular weight excluding hydrogens is 267 g/mol. The summed E-state index contributed by atoms with van der Waals surface area (Å²) >= 11 is 0. The molecule has 2 rings (SSSR count). The lowest BCUT2D eigenvalue weighted by atomic mass is 10.1. The van der Waals surface area contributed by atoms with E-state index in [1.165, 1.54) is 31.7 Å². The Balaban J connectivity index is 2.11. The molecule has 0 spiro atoms. The van der Waals surface area contributed by atoms with E-state index in [2.05, 4.69) is 5.32 Å². The molecule has 3 nitrogen and oxygen atoms in total. The summed E-state index contributed by atoms with van der Waals surface area (Å²) in [5.74, 6) is 0.142. The van der Waals surface area contributed by atoms with Crippen LogP contribution in [0.3, 0.4) is 0 Å². The van der Waals surface area contributed by atoms with Gasteiger partial charge in [0.1, 0.15) is 5.82 Å². The second-order valence-corrected chi connectivity index (χ2v) is 5.93. The first-order valence-corrected chi connectivity index (χ1v) is 7.91. The molecule has 1 aromatic carbocycles. The lowest BCUT2D eigenvalue weighted by molar-refractivity contribution is 0.0774. The molecule has 0 aromatic heterocycles. The molecular formula is C17H25FN2O. The Morgan fingerprint density at radius 1 is 1.38 bits per heavy atom. The summed E-state index contributed by atoms with van der Waals surface area (Å²) in [6, 6.07) is 4.70. The van der Waals surface area contributed by atoms with Gasteiger partial charge in [0.25, 0.3) is 5.91 Å². The average molecular weight is 292 g/mol. The Kier molecular flexibility index (Phi) is 5.59. The predicted molar refractivity (Wildman–Crippen MR) is 84.1 cm³/mol. The van der Waals surface area contributed by atoms with Crippen molar-refractivity contribution in [2.24, 2.45) is 5.92 Å². The van der Waals surface area contributed by atoms with Gasteiger partial charge in [-0.1, -0.05) is 25.8 Å². The second-order valence-electron chi connectivity index (χ2n) is 5.93. The molecule has 0 unspecified atom stereocenters. The highest BCUT2D eigenvalue weighted by Gasteiger charge is 2.22. The molecule has 1 aliphatic carbocycles. The molecule has 0 heterocycles. The average Bonchev–Trinajstić information content (AvgIpc) is 2.98. The molecule has 21 heavy (non-hydrogen) atoms. The van der Waals surface area contributed by atoms with Gasteiger partial charge >= 0.3 is 0 Å². The summed E-state index contributed by atoms with van der Waals surface area (Å²) in [5, 5.41) is 3.04. The van der Waals surface area contributed by atoms with Crippen LogP contribution in [0.4, 0.5) is 10.1 Å². The molecule has 116 valence electrons. The Bertz CT molecular complexity index is 484. The fourth-order valence-corrected chi connectivity index (χ4v) is 3.00. The van der Waals surface area contributed by atoms with E-state index in [1.807, 2.05) is 14.0 Å². The van der Waals surface area contributed by atoms with E-state index < -0.39 is 0 Å². The number of carbonyl (C=O) groups is 1. The molecule has 4 heteroatoms. The zero-order valence-corrected chi connectivity index (χ0v) is 13.0. The van der Waals surface area contributed by atoms with Crippen LogP contribution < -0.4 is 5.32 Å². The molecule has 0 atom stereocenters. The molecule has 1 amide bonds. The minimum Gasteiger partial charge on any atom is -0.382 e. The molecule has 0 aliphatic heterocycles. The van der Waals surface area contributed by atoms with Crippen LogP contribution in [0.1, 0.15) is 49.4 Å². The molecule has 1 saturated carbocycles. The number of amides is 1. The monoisotopic (exact) mass is 292 g/mol. The van der Waals surface area contributed by atoms with Crippen LogP contribution in [0.2, 0.25) is 0 Å². The van der Waals surface area contributed by atoms with Crippen molar-refractivity contribution in [2.75, 3.05) is 25.5 Å². The first-order valence-electron chi connectivity index (χ1n) is 7.91. The van der Waals surface area contributed by atoms with Gasteiger partial charge in [0.15, 0.2) is 0 Å². The molecule has 1 aliphatic rings. The number of nitrogens with one attached hydrogen (secondary N) is 1. The SMILES string of the molecule is CCCNc1c(F)cccc1C(=O)N(C)CC1CCCC1. The zero-order valence-electron chi connectivity index (χ0n) is 13.0. The van der Waals surface area contributed by atoms with Gasteiger partial charge in [0, 0.05) is 20.1 Å². The van der Waals surface area contributed by atoms with E-state index in [1.54, 1.807) is 17.0 Å². The van der Waals surface area contributed by atoms with Gasteiger partial charge < -0.3 is 10.2 Å². The Labute approximate surface area is 126 Å². The maximum absolute atomic E-state index is 14.0. The molecule has 0 radical (unpaired) electrons. The third kappa shape index (κ3) is 3.96. The van der Waals surface area contributed by atoms with Crippen molar-refractivity contribution in [2.45, 2.75) is 39.0 Å². The first kappa shape index (κ1) is 15.8. The smallest absolute Gasteiger partial charge is 0.255 e. The summed E-state index contributed by atoms with van der Waals surface area (Å²) in [7, 11) is 1.81. The minimum absolute atomic E-state index is 0.0972. The number of hydrogen-bond donors (Lipinski definition) is 1. The first-order chi connectivity index (χ1) is 10.1. The van der Waals surface area contributed by atoms with Crippen LogP contribution in [0.15, 0.2) is 18.2 Å². The van der Waals surface area contributed by atoms with Crippen molar-refractivity contribution < 1.29 is 9.18 Å². The van der Waals surface area contributed by atoms with Gasteiger partial charge in [-0.2, -0.15) is 0 Å². The number of hydrogen-bond acceptors (Lipinski definition) is 2. The maximum atomic E-state index is 14.0. The van der Waals surface area contributed by atoms with Gasteiger partial charge in [0.05, 0.1) is 11.3 Å². The highest BCUT2D eigenvalue weighted by atomic mass is 19.1. The molecule has 0 saturated heterocycles. The maximum Gasteiger partial charge on any atom is 0.255 e. The summed E-state index contributed by atoms with van der Waals surface area (Å²) in [5.41, 5.74) is 0.770. The summed E-state index contributed by atoms with van der Waals surface area (Å²) in [4.78, 5) is 14.3. The van der Waals surface area contributed by atoms with Gasteiger partial charge in [-0.25, -0.2) is 4.39 Å². The Morgan fingerprint density at radius 2 is 2.10 bits per heavy atom. The summed E-state index contributed by atoms with van der Waals surface area (Å²) in [6.07, 6.45) is 5.80. The largest absolute Gasteiger partial charge is 0.382 e. The van der Waals surface area contributed by atoms with Crippen LogP contribution in [0, 0.1) is 11.7 Å². The number of anilines is 1. The van der Waals surface area contributed by atoms with Crippen LogP contribution in [-0.4, -0.2) is 30.9 Å². The highest BCUT2D eigenvalue weighted by molar-refractivity contribution is 5.99. The third-order valence-corrected chi connectivity index (χ3v) is 4.15. The minimum atomic E-state index is -0.358. The van der Waals surface area contributed by atoms with Crippen LogP contribution in [-0.2, 0) is 0 Å². The topological polar surface area (TPSA) is 32.3 Å². The predicted octanol–water partition coefficient (Wildman–Crippen LogP) is 3.91. The van der Waals surface area contributed by atoms with E-state index in [9.17, 15) is 9.18 Å². The lowest BCUT2D eigenvalue weighted by Crippen LogP contribution is -2.31. The number of rotatable bonds is 6. The van der Waals surface area contributed by atoms with Gasteiger partial charge in [-0.3, -0.25) is 4.79 Å². The zero-order chi connectivity index (χ0) is 15.2. The normalized spacial score (nSPS) is 15.2. The van der Waals surface area contributed by atoms with Crippen LogP contribution >= 0.6 is 0 Å². The quantitative estimate of drug-likeness (QED) is 0.862. The number of benzene rings is 1. The Hall–Kier alpha value is -1.58. The summed E-state index contributed by atoms with van der Waals surface area (Å²) < 4.78 is 14.0. The van der Waals surface area contributed by atoms with E-state index >= 15 is 0 Å². The van der Waals surface area contributed by atoms with Crippen molar-refractivity contribution >= 4 is 11.6 Å². The van der Waals surface area contributed by atoms with Crippen molar-refractivity contribution in [3.8, 4) is 0 Å².